The van der Waals surface area contributed by atoms with Gasteiger partial charge in [0.1, 0.15) is 5.69 Å². The highest BCUT2D eigenvalue weighted by Crippen LogP contribution is 2.24. The molecule has 2 rings (SSSR count). The molecule has 21 heavy (non-hydrogen) atoms. The Morgan fingerprint density at radius 2 is 2.33 bits per heavy atom. The van der Waals surface area contributed by atoms with Gasteiger partial charge < -0.3 is 15.4 Å². The maximum absolute atomic E-state index is 12.4. The Kier molecular flexibility index (Phi) is 4.74. The van der Waals surface area contributed by atoms with Crippen molar-refractivity contribution < 1.29 is 14.5 Å². The van der Waals surface area contributed by atoms with Crippen LogP contribution in [0.3, 0.4) is 0 Å². The second-order valence-corrected chi connectivity index (χ2v) is 5.00. The summed E-state index contributed by atoms with van der Waals surface area (Å²) in [6.45, 7) is 3.76. The average molecular weight is 293 g/mol. The molecule has 1 aliphatic heterocycles. The smallest absolute Gasteiger partial charge is 0.292 e. The van der Waals surface area contributed by atoms with E-state index >= 15 is 0 Å². The first-order valence-corrected chi connectivity index (χ1v) is 6.97. The molecule has 0 spiro atoms. The molecule has 1 amide bonds. The standard InChI is InChI=1S/C14H19N3O4/c1-2-21-11-4-3-7-16(9-11)14(18)10-5-6-13(17(19)20)12(15)8-10/h5-6,8,11H,2-4,7,9,15H2,1H3. The maximum Gasteiger partial charge on any atom is 0.292 e. The van der Waals surface area contributed by atoms with Crippen LogP contribution in [0.1, 0.15) is 30.1 Å². The molecular weight excluding hydrogens is 274 g/mol. The summed E-state index contributed by atoms with van der Waals surface area (Å²) in [6, 6.07) is 4.08. The predicted molar refractivity (Wildman–Crippen MR) is 78.1 cm³/mol. The molecule has 0 aromatic heterocycles. The summed E-state index contributed by atoms with van der Waals surface area (Å²) >= 11 is 0. The SMILES string of the molecule is CCOC1CCCN(C(=O)c2ccc([N+](=O)[O-])c(N)c2)C1. The molecule has 114 valence electrons. The first kappa shape index (κ1) is 15.2. The number of rotatable bonds is 4. The van der Waals surface area contributed by atoms with Crippen LogP contribution in [0.25, 0.3) is 0 Å². The molecule has 7 nitrogen and oxygen atoms in total. The highest BCUT2D eigenvalue weighted by Gasteiger charge is 2.25. The summed E-state index contributed by atoms with van der Waals surface area (Å²) in [5.41, 5.74) is 5.82. The van der Waals surface area contributed by atoms with E-state index in [1.807, 2.05) is 6.92 Å². The number of piperidine rings is 1. The lowest BCUT2D eigenvalue weighted by atomic mass is 10.1. The second-order valence-electron chi connectivity index (χ2n) is 5.00. The maximum atomic E-state index is 12.4. The first-order chi connectivity index (χ1) is 10.0. The van der Waals surface area contributed by atoms with E-state index in [-0.39, 0.29) is 23.4 Å². The van der Waals surface area contributed by atoms with Crippen LogP contribution in [-0.2, 0) is 4.74 Å². The number of nitro benzene ring substituents is 1. The topological polar surface area (TPSA) is 98.7 Å². The van der Waals surface area contributed by atoms with Gasteiger partial charge in [0.2, 0.25) is 0 Å². The van der Waals surface area contributed by atoms with Crippen molar-refractivity contribution in [3.8, 4) is 0 Å². The monoisotopic (exact) mass is 293 g/mol. The van der Waals surface area contributed by atoms with E-state index < -0.39 is 4.92 Å². The predicted octanol–water partition coefficient (Wildman–Crippen LogP) is 1.82. The summed E-state index contributed by atoms with van der Waals surface area (Å²) < 4.78 is 5.57. The molecule has 1 aromatic rings. The molecule has 1 heterocycles. The average Bonchev–Trinajstić information content (AvgIpc) is 2.46. The molecule has 0 radical (unpaired) electrons. The molecule has 1 fully saturated rings. The zero-order valence-electron chi connectivity index (χ0n) is 11.9. The summed E-state index contributed by atoms with van der Waals surface area (Å²) in [5.74, 6) is -0.166. The Bertz CT molecular complexity index is 545. The van der Waals surface area contributed by atoms with E-state index in [9.17, 15) is 14.9 Å². The summed E-state index contributed by atoms with van der Waals surface area (Å²) in [4.78, 5) is 24.3. The third kappa shape index (κ3) is 3.49. The van der Waals surface area contributed by atoms with Crippen molar-refractivity contribution >= 4 is 17.3 Å². The van der Waals surface area contributed by atoms with Gasteiger partial charge in [-0.2, -0.15) is 0 Å². The Labute approximate surface area is 122 Å². The van der Waals surface area contributed by atoms with E-state index in [1.54, 1.807) is 4.90 Å². The lowest BCUT2D eigenvalue weighted by Gasteiger charge is -2.32. The molecule has 2 N–H and O–H groups in total. The van der Waals surface area contributed by atoms with Gasteiger partial charge in [0.15, 0.2) is 0 Å². The molecule has 0 bridgehead atoms. The van der Waals surface area contributed by atoms with Gasteiger partial charge in [-0.05, 0) is 31.9 Å². The number of nitrogens with two attached hydrogens (primary N) is 1. The van der Waals surface area contributed by atoms with E-state index in [0.717, 1.165) is 12.8 Å². The van der Waals surface area contributed by atoms with Gasteiger partial charge in [-0.25, -0.2) is 0 Å². The molecule has 0 aliphatic carbocycles. The van der Waals surface area contributed by atoms with Crippen LogP contribution in [0.5, 0.6) is 0 Å². The number of carbonyl (C=O) groups is 1. The summed E-state index contributed by atoms with van der Waals surface area (Å²) in [6.07, 6.45) is 1.89. The number of hydrogen-bond acceptors (Lipinski definition) is 5. The molecular formula is C14H19N3O4. The van der Waals surface area contributed by atoms with Gasteiger partial charge in [0.25, 0.3) is 11.6 Å². The number of nitrogens with zero attached hydrogens (tertiary/aromatic N) is 2. The quantitative estimate of drug-likeness (QED) is 0.518. The van der Waals surface area contributed by atoms with Crippen molar-refractivity contribution in [2.45, 2.75) is 25.9 Å². The number of anilines is 1. The largest absolute Gasteiger partial charge is 0.393 e. The molecule has 1 unspecified atom stereocenters. The normalized spacial score (nSPS) is 18.5. The molecule has 1 aliphatic rings. The van der Waals surface area contributed by atoms with Crippen LogP contribution in [0.15, 0.2) is 18.2 Å². The first-order valence-electron chi connectivity index (χ1n) is 6.97. The third-order valence-electron chi connectivity index (χ3n) is 3.54. The minimum absolute atomic E-state index is 0.00391. The molecule has 1 saturated heterocycles. The van der Waals surface area contributed by atoms with E-state index in [2.05, 4.69) is 0 Å². The Morgan fingerprint density at radius 3 is 2.95 bits per heavy atom. The van der Waals surface area contributed by atoms with Crippen LogP contribution in [0.2, 0.25) is 0 Å². The number of amides is 1. The third-order valence-corrected chi connectivity index (χ3v) is 3.54. The van der Waals surface area contributed by atoms with Crippen LogP contribution < -0.4 is 5.73 Å². The molecule has 1 aromatic carbocycles. The van der Waals surface area contributed by atoms with Gasteiger partial charge in [-0.3, -0.25) is 14.9 Å². The number of likely N-dealkylation sites (tertiary alicyclic amines) is 1. The highest BCUT2D eigenvalue weighted by molar-refractivity contribution is 5.95. The zero-order valence-corrected chi connectivity index (χ0v) is 11.9. The fraction of sp³-hybridized carbons (Fsp3) is 0.500. The van der Waals surface area contributed by atoms with Gasteiger partial charge in [0, 0.05) is 31.3 Å². The van der Waals surface area contributed by atoms with E-state index in [1.165, 1.54) is 18.2 Å². The van der Waals surface area contributed by atoms with Crippen LogP contribution in [0, 0.1) is 10.1 Å². The number of ether oxygens (including phenoxy) is 1. The molecule has 0 saturated carbocycles. The van der Waals surface area contributed by atoms with Crippen molar-refractivity contribution in [1.82, 2.24) is 4.90 Å². The molecule has 1 atom stereocenters. The van der Waals surface area contributed by atoms with Gasteiger partial charge in [0.05, 0.1) is 11.0 Å². The molecule has 7 heteroatoms. The van der Waals surface area contributed by atoms with Gasteiger partial charge in [-0.15, -0.1) is 0 Å². The highest BCUT2D eigenvalue weighted by atomic mass is 16.6. The zero-order chi connectivity index (χ0) is 15.4. The van der Waals surface area contributed by atoms with Gasteiger partial charge in [-0.1, -0.05) is 0 Å². The minimum Gasteiger partial charge on any atom is -0.393 e. The Morgan fingerprint density at radius 1 is 1.57 bits per heavy atom. The fourth-order valence-corrected chi connectivity index (χ4v) is 2.53. The number of nitrogen functional groups attached to an aromatic ring is 1. The summed E-state index contributed by atoms with van der Waals surface area (Å²) in [7, 11) is 0. The number of carbonyl (C=O) groups excluding carboxylic acids is 1. The Hall–Kier alpha value is -2.15. The number of benzene rings is 1. The minimum atomic E-state index is -0.560. The fourth-order valence-electron chi connectivity index (χ4n) is 2.53. The second kappa shape index (κ2) is 6.53. The number of nitro groups is 1. The van der Waals surface area contributed by atoms with Crippen molar-refractivity contribution in [2.24, 2.45) is 0 Å². The van der Waals surface area contributed by atoms with Crippen molar-refractivity contribution in [3.63, 3.8) is 0 Å². The van der Waals surface area contributed by atoms with Crippen molar-refractivity contribution in [1.29, 1.82) is 0 Å². The van der Waals surface area contributed by atoms with Gasteiger partial charge >= 0.3 is 0 Å². The van der Waals surface area contributed by atoms with Crippen LogP contribution in [0.4, 0.5) is 11.4 Å². The van der Waals surface area contributed by atoms with Crippen molar-refractivity contribution in [2.75, 3.05) is 25.4 Å². The number of hydrogen-bond donors (Lipinski definition) is 1. The lowest BCUT2D eigenvalue weighted by molar-refractivity contribution is -0.383. The van der Waals surface area contributed by atoms with Crippen LogP contribution >= 0.6 is 0 Å². The van der Waals surface area contributed by atoms with E-state index in [0.29, 0.717) is 25.3 Å². The Balaban J connectivity index is 2.12. The summed E-state index contributed by atoms with van der Waals surface area (Å²) in [5, 5.41) is 10.7. The lowest BCUT2D eigenvalue weighted by Crippen LogP contribution is -2.43. The van der Waals surface area contributed by atoms with E-state index in [4.69, 9.17) is 10.5 Å². The van der Waals surface area contributed by atoms with Crippen LogP contribution in [-0.4, -0.2) is 41.5 Å². The van der Waals surface area contributed by atoms with Crippen molar-refractivity contribution in [3.05, 3.63) is 33.9 Å².